The van der Waals surface area contributed by atoms with Crippen LogP contribution in [0.4, 0.5) is 0 Å². The number of aromatic nitrogens is 1. The lowest BCUT2D eigenvalue weighted by atomic mass is 10.1. The molecule has 0 aliphatic heterocycles. The molecule has 0 radical (unpaired) electrons. The Labute approximate surface area is 139 Å². The van der Waals surface area contributed by atoms with Gasteiger partial charge in [-0.1, -0.05) is 38.2 Å². The van der Waals surface area contributed by atoms with E-state index in [0.29, 0.717) is 6.61 Å². The van der Waals surface area contributed by atoms with Crippen LogP contribution in [0.25, 0.3) is 0 Å². The third kappa shape index (κ3) is 6.16. The molecule has 0 saturated carbocycles. The van der Waals surface area contributed by atoms with Crippen molar-refractivity contribution in [3.05, 3.63) is 59.4 Å². The summed E-state index contributed by atoms with van der Waals surface area (Å²) < 4.78 is 5.42. The first-order valence-corrected chi connectivity index (χ1v) is 8.51. The number of ether oxygens (including phenoxy) is 1. The van der Waals surface area contributed by atoms with Gasteiger partial charge in [0, 0.05) is 11.8 Å². The number of rotatable bonds is 7. The molecule has 0 saturated heterocycles. The highest BCUT2D eigenvalue weighted by molar-refractivity contribution is 5.42. The van der Waals surface area contributed by atoms with Crippen LogP contribution in [0.5, 0.6) is 5.75 Å². The predicted molar refractivity (Wildman–Crippen MR) is 95.7 cm³/mol. The van der Waals surface area contributed by atoms with E-state index in [-0.39, 0.29) is 0 Å². The predicted octanol–water partition coefficient (Wildman–Crippen LogP) is 5.00. The summed E-state index contributed by atoms with van der Waals surface area (Å²) in [4.78, 5) is 4.44. The van der Waals surface area contributed by atoms with Gasteiger partial charge in [0.2, 0.25) is 0 Å². The van der Waals surface area contributed by atoms with Gasteiger partial charge in [0.15, 0.2) is 0 Å². The van der Waals surface area contributed by atoms with Gasteiger partial charge in [0.1, 0.15) is 11.4 Å². The first-order chi connectivity index (χ1) is 11.3. The number of unbranched alkanes of at least 4 members (excludes halogenated alkanes) is 3. The van der Waals surface area contributed by atoms with Crippen molar-refractivity contribution in [1.82, 2.24) is 4.98 Å². The molecule has 0 spiro atoms. The van der Waals surface area contributed by atoms with Crippen molar-refractivity contribution in [2.24, 2.45) is 0 Å². The fourth-order valence-electron chi connectivity index (χ4n) is 2.34. The van der Waals surface area contributed by atoms with Gasteiger partial charge in [-0.3, -0.25) is 0 Å². The monoisotopic (exact) mass is 307 g/mol. The maximum absolute atomic E-state index is 5.42. The van der Waals surface area contributed by atoms with Gasteiger partial charge in [0.25, 0.3) is 0 Å². The van der Waals surface area contributed by atoms with E-state index in [4.69, 9.17) is 4.74 Å². The highest BCUT2D eigenvalue weighted by Crippen LogP contribution is 2.11. The molecule has 120 valence electrons. The summed E-state index contributed by atoms with van der Waals surface area (Å²) in [5.41, 5.74) is 3.09. The maximum atomic E-state index is 5.42. The Kier molecular flexibility index (Phi) is 7.20. The second kappa shape index (κ2) is 9.69. The molecule has 1 heterocycles. The fourth-order valence-corrected chi connectivity index (χ4v) is 2.34. The van der Waals surface area contributed by atoms with Crippen molar-refractivity contribution in [3.63, 3.8) is 0 Å². The number of benzene rings is 1. The average Bonchev–Trinajstić information content (AvgIpc) is 2.59. The second-order valence-electron chi connectivity index (χ2n) is 5.57. The highest BCUT2D eigenvalue weighted by atomic mass is 16.5. The first-order valence-electron chi connectivity index (χ1n) is 8.51. The quantitative estimate of drug-likeness (QED) is 0.530. The Balaban J connectivity index is 1.90. The Bertz CT molecular complexity index is 632. The van der Waals surface area contributed by atoms with Gasteiger partial charge < -0.3 is 4.74 Å². The summed E-state index contributed by atoms with van der Waals surface area (Å²) >= 11 is 0. The standard InChI is InChI=1S/C21H25NO/c1-3-5-6-7-8-19-10-14-20(22-17-19)13-9-18-11-15-21(16-12-18)23-4-2/h10-12,14-17H,3-8H2,1-2H3. The molecule has 0 bridgehead atoms. The van der Waals surface area contributed by atoms with Gasteiger partial charge in [-0.25, -0.2) is 4.98 Å². The molecule has 1 aromatic heterocycles. The first kappa shape index (κ1) is 17.1. The van der Waals surface area contributed by atoms with Crippen LogP contribution in [0.3, 0.4) is 0 Å². The third-order valence-corrected chi connectivity index (χ3v) is 3.64. The van der Waals surface area contributed by atoms with Crippen LogP contribution in [0, 0.1) is 11.8 Å². The van der Waals surface area contributed by atoms with E-state index in [1.165, 1.54) is 31.2 Å². The molecule has 0 atom stereocenters. The summed E-state index contributed by atoms with van der Waals surface area (Å²) in [6, 6.07) is 12.0. The lowest BCUT2D eigenvalue weighted by Crippen LogP contribution is -1.91. The Morgan fingerprint density at radius 3 is 2.39 bits per heavy atom. The summed E-state index contributed by atoms with van der Waals surface area (Å²) in [6.45, 7) is 4.89. The molecule has 0 amide bonds. The van der Waals surface area contributed by atoms with Gasteiger partial charge in [-0.15, -0.1) is 0 Å². The number of hydrogen-bond donors (Lipinski definition) is 0. The van der Waals surface area contributed by atoms with E-state index in [2.05, 4.69) is 29.8 Å². The van der Waals surface area contributed by atoms with Gasteiger partial charge in [0.05, 0.1) is 6.61 Å². The molecular formula is C21H25NO. The van der Waals surface area contributed by atoms with E-state index in [9.17, 15) is 0 Å². The van der Waals surface area contributed by atoms with Gasteiger partial charge >= 0.3 is 0 Å². The number of pyridine rings is 1. The Morgan fingerprint density at radius 1 is 0.913 bits per heavy atom. The van der Waals surface area contributed by atoms with Crippen LogP contribution < -0.4 is 4.74 Å². The number of aryl methyl sites for hydroxylation is 1. The van der Waals surface area contributed by atoms with Crippen LogP contribution >= 0.6 is 0 Å². The molecule has 0 fully saturated rings. The van der Waals surface area contributed by atoms with Crippen molar-refractivity contribution < 1.29 is 4.74 Å². The molecular weight excluding hydrogens is 282 g/mol. The van der Waals surface area contributed by atoms with Gasteiger partial charge in [-0.05, 0) is 61.6 Å². The van der Waals surface area contributed by atoms with E-state index in [0.717, 1.165) is 23.4 Å². The molecule has 2 nitrogen and oxygen atoms in total. The van der Waals surface area contributed by atoms with Gasteiger partial charge in [-0.2, -0.15) is 0 Å². The number of hydrogen-bond acceptors (Lipinski definition) is 2. The smallest absolute Gasteiger partial charge is 0.119 e. The molecule has 2 heteroatoms. The lowest BCUT2D eigenvalue weighted by molar-refractivity contribution is 0.340. The average molecular weight is 307 g/mol. The minimum Gasteiger partial charge on any atom is -0.494 e. The summed E-state index contributed by atoms with van der Waals surface area (Å²) in [5.74, 6) is 7.13. The molecule has 1 aromatic carbocycles. The van der Waals surface area contributed by atoms with Crippen LogP contribution in [-0.4, -0.2) is 11.6 Å². The summed E-state index contributed by atoms with van der Waals surface area (Å²) in [7, 11) is 0. The van der Waals surface area contributed by atoms with Crippen molar-refractivity contribution in [2.75, 3.05) is 6.61 Å². The lowest BCUT2D eigenvalue weighted by Gasteiger charge is -2.01. The molecule has 0 N–H and O–H groups in total. The normalized spacial score (nSPS) is 10.0. The Hall–Kier alpha value is -2.27. The topological polar surface area (TPSA) is 22.1 Å². The summed E-state index contributed by atoms with van der Waals surface area (Å²) in [5, 5.41) is 0. The molecule has 0 aliphatic rings. The third-order valence-electron chi connectivity index (χ3n) is 3.64. The molecule has 0 aliphatic carbocycles. The van der Waals surface area contributed by atoms with Crippen molar-refractivity contribution >= 4 is 0 Å². The van der Waals surface area contributed by atoms with Crippen LogP contribution in [-0.2, 0) is 6.42 Å². The van der Waals surface area contributed by atoms with E-state index in [1.807, 2.05) is 43.5 Å². The van der Waals surface area contributed by atoms with Crippen LogP contribution in [0.2, 0.25) is 0 Å². The van der Waals surface area contributed by atoms with Crippen LogP contribution in [0.1, 0.15) is 56.4 Å². The minimum absolute atomic E-state index is 0.680. The molecule has 2 rings (SSSR count). The van der Waals surface area contributed by atoms with Crippen molar-refractivity contribution in [1.29, 1.82) is 0 Å². The van der Waals surface area contributed by atoms with Crippen molar-refractivity contribution in [3.8, 4) is 17.6 Å². The molecule has 23 heavy (non-hydrogen) atoms. The zero-order chi connectivity index (χ0) is 16.3. The minimum atomic E-state index is 0.680. The van der Waals surface area contributed by atoms with E-state index in [1.54, 1.807) is 0 Å². The number of nitrogens with zero attached hydrogens (tertiary/aromatic N) is 1. The molecule has 2 aromatic rings. The fraction of sp³-hybridized carbons (Fsp3) is 0.381. The largest absolute Gasteiger partial charge is 0.494 e. The second-order valence-corrected chi connectivity index (χ2v) is 5.57. The Morgan fingerprint density at radius 2 is 1.74 bits per heavy atom. The van der Waals surface area contributed by atoms with Crippen molar-refractivity contribution in [2.45, 2.75) is 46.0 Å². The van der Waals surface area contributed by atoms with E-state index < -0.39 is 0 Å². The maximum Gasteiger partial charge on any atom is 0.119 e. The SMILES string of the molecule is CCCCCCc1ccc(C#Cc2ccc(OCC)cc2)nc1. The van der Waals surface area contributed by atoms with Crippen LogP contribution in [0.15, 0.2) is 42.6 Å². The highest BCUT2D eigenvalue weighted by Gasteiger charge is 1.95. The molecule has 0 unspecified atom stereocenters. The van der Waals surface area contributed by atoms with E-state index >= 15 is 0 Å². The zero-order valence-corrected chi connectivity index (χ0v) is 14.1. The summed E-state index contributed by atoms with van der Waals surface area (Å²) in [6.07, 6.45) is 8.20. The zero-order valence-electron chi connectivity index (χ0n) is 14.1.